The van der Waals surface area contributed by atoms with Gasteiger partial charge in [-0.05, 0) is 40.5 Å². The first-order valence-electron chi connectivity index (χ1n) is 7.73. The lowest BCUT2D eigenvalue weighted by Gasteiger charge is -2.27. The Morgan fingerprint density at radius 1 is 1.00 bits per heavy atom. The van der Waals surface area contributed by atoms with Crippen LogP contribution in [0.5, 0.6) is 0 Å². The quantitative estimate of drug-likeness (QED) is 0.722. The van der Waals surface area contributed by atoms with E-state index >= 15 is 0 Å². The van der Waals surface area contributed by atoms with Crippen molar-refractivity contribution >= 4 is 20.2 Å². The molecule has 0 heterocycles. The Hall–Kier alpha value is -0.823. The van der Waals surface area contributed by atoms with Crippen LogP contribution in [0.25, 0.3) is 12.2 Å². The summed E-state index contributed by atoms with van der Waals surface area (Å²) in [6.07, 6.45) is 6.59. The first-order valence-corrected chi connectivity index (χ1v) is 11.4. The third kappa shape index (κ3) is 2.58. The predicted molar refractivity (Wildman–Crippen MR) is 87.0 cm³/mol. The Bertz CT molecular complexity index is 578. The lowest BCUT2D eigenvalue weighted by molar-refractivity contribution is 0.468. The summed E-state index contributed by atoms with van der Waals surface area (Å²) in [5.41, 5.74) is 0. The summed E-state index contributed by atoms with van der Waals surface area (Å²) in [5, 5.41) is 2.93. The minimum atomic E-state index is -0.954. The first-order chi connectivity index (χ1) is 8.94. The molecule has 1 aromatic carbocycles. The Balaban J connectivity index is 1.98. The van der Waals surface area contributed by atoms with Crippen LogP contribution < -0.4 is 10.4 Å². The SMILES string of the molecule is CC1CC(C[Si](C)(C)C)C2C=c3ccccc3=CC12. The molecule has 2 aliphatic rings. The predicted octanol–water partition coefficient (Wildman–Crippen LogP) is 3.49. The Labute approximate surface area is 118 Å². The van der Waals surface area contributed by atoms with Crippen LogP contribution in [0, 0.1) is 23.7 Å². The number of fused-ring (bicyclic) bond motifs is 2. The second kappa shape index (κ2) is 4.62. The van der Waals surface area contributed by atoms with E-state index in [1.165, 1.54) is 22.9 Å². The van der Waals surface area contributed by atoms with Crippen molar-refractivity contribution in [3.63, 3.8) is 0 Å². The van der Waals surface area contributed by atoms with Gasteiger partial charge in [0.15, 0.2) is 0 Å². The average molecular weight is 270 g/mol. The standard InChI is InChI=1S/C18H26Si/c1-13-9-16(12-19(2,3)4)18-11-15-8-6-5-7-14(15)10-17(13)18/h5-8,10-11,13,16-18H,9,12H2,1-4H3. The zero-order valence-corrected chi connectivity index (χ0v) is 13.7. The fraction of sp³-hybridized carbons (Fsp3) is 0.556. The molecule has 2 aliphatic carbocycles. The first kappa shape index (κ1) is 13.2. The highest BCUT2D eigenvalue weighted by atomic mass is 28.3. The Kier molecular flexibility index (Phi) is 3.21. The summed E-state index contributed by atoms with van der Waals surface area (Å²) in [4.78, 5) is 0. The normalized spacial score (nSPS) is 33.1. The smallest absolute Gasteiger partial charge is 0.0445 e. The Morgan fingerprint density at radius 3 is 2.16 bits per heavy atom. The van der Waals surface area contributed by atoms with Gasteiger partial charge < -0.3 is 0 Å². The van der Waals surface area contributed by atoms with Crippen molar-refractivity contribution in [1.82, 2.24) is 0 Å². The molecule has 0 spiro atoms. The number of rotatable bonds is 2. The third-order valence-corrected chi connectivity index (χ3v) is 6.68. The van der Waals surface area contributed by atoms with E-state index < -0.39 is 8.07 Å². The van der Waals surface area contributed by atoms with Gasteiger partial charge in [0.1, 0.15) is 0 Å². The van der Waals surface area contributed by atoms with Crippen molar-refractivity contribution in [2.75, 3.05) is 0 Å². The molecule has 0 aliphatic heterocycles. The van der Waals surface area contributed by atoms with Crippen LogP contribution in [-0.2, 0) is 0 Å². The second-order valence-corrected chi connectivity index (χ2v) is 13.4. The van der Waals surface area contributed by atoms with Gasteiger partial charge in [-0.15, -0.1) is 0 Å². The lowest BCUT2D eigenvalue weighted by atomic mass is 9.83. The maximum atomic E-state index is 2.59. The highest BCUT2D eigenvalue weighted by molar-refractivity contribution is 6.76. The Morgan fingerprint density at radius 2 is 1.58 bits per heavy atom. The molecule has 1 heteroatoms. The molecule has 3 rings (SSSR count). The summed E-state index contributed by atoms with van der Waals surface area (Å²) in [5.74, 6) is 3.38. The molecule has 19 heavy (non-hydrogen) atoms. The summed E-state index contributed by atoms with van der Waals surface area (Å²) in [7, 11) is -0.954. The van der Waals surface area contributed by atoms with Gasteiger partial charge in [-0.25, -0.2) is 0 Å². The van der Waals surface area contributed by atoms with E-state index in [-0.39, 0.29) is 0 Å². The van der Waals surface area contributed by atoms with Crippen molar-refractivity contribution in [3.8, 4) is 0 Å². The van der Waals surface area contributed by atoms with E-state index in [4.69, 9.17) is 0 Å². The van der Waals surface area contributed by atoms with Crippen molar-refractivity contribution in [1.29, 1.82) is 0 Å². The summed E-state index contributed by atoms with van der Waals surface area (Å²) in [6.45, 7) is 10.0. The van der Waals surface area contributed by atoms with Gasteiger partial charge >= 0.3 is 0 Å². The number of hydrogen-bond acceptors (Lipinski definition) is 0. The minimum Gasteiger partial charge on any atom is -0.0727 e. The molecule has 1 aromatic rings. The molecule has 4 atom stereocenters. The van der Waals surface area contributed by atoms with Gasteiger partial charge in [-0.2, -0.15) is 0 Å². The van der Waals surface area contributed by atoms with Gasteiger partial charge in [-0.1, -0.05) is 69.0 Å². The van der Waals surface area contributed by atoms with Crippen LogP contribution in [0.2, 0.25) is 25.7 Å². The summed E-state index contributed by atoms with van der Waals surface area (Å²) in [6, 6.07) is 10.4. The summed E-state index contributed by atoms with van der Waals surface area (Å²) < 4.78 is 0. The van der Waals surface area contributed by atoms with Gasteiger partial charge in [0.05, 0.1) is 0 Å². The third-order valence-electron chi connectivity index (χ3n) is 4.93. The van der Waals surface area contributed by atoms with E-state index in [1.807, 2.05) is 0 Å². The number of hydrogen-bond donors (Lipinski definition) is 0. The monoisotopic (exact) mass is 270 g/mol. The lowest BCUT2D eigenvalue weighted by Crippen LogP contribution is -2.34. The molecule has 4 unspecified atom stereocenters. The molecule has 102 valence electrons. The van der Waals surface area contributed by atoms with E-state index in [1.54, 1.807) is 0 Å². The average Bonchev–Trinajstić information content (AvgIpc) is 2.61. The largest absolute Gasteiger partial charge is 0.0727 e. The zero-order chi connectivity index (χ0) is 13.6. The van der Waals surface area contributed by atoms with Gasteiger partial charge in [0.25, 0.3) is 0 Å². The van der Waals surface area contributed by atoms with Crippen molar-refractivity contribution < 1.29 is 0 Å². The van der Waals surface area contributed by atoms with Gasteiger partial charge in [-0.3, -0.25) is 0 Å². The zero-order valence-electron chi connectivity index (χ0n) is 12.7. The molecule has 0 aromatic heterocycles. The maximum Gasteiger partial charge on any atom is 0.0445 e. The topological polar surface area (TPSA) is 0 Å². The fourth-order valence-corrected chi connectivity index (χ4v) is 6.26. The molecule has 0 amide bonds. The van der Waals surface area contributed by atoms with Crippen LogP contribution in [0.15, 0.2) is 24.3 Å². The molecule has 0 saturated heterocycles. The molecule has 1 saturated carbocycles. The van der Waals surface area contributed by atoms with Crippen molar-refractivity contribution in [2.24, 2.45) is 23.7 Å². The molecular formula is C18H26Si. The van der Waals surface area contributed by atoms with Crippen LogP contribution in [0.3, 0.4) is 0 Å². The maximum absolute atomic E-state index is 2.59. The van der Waals surface area contributed by atoms with E-state index in [0.717, 1.165) is 23.7 Å². The van der Waals surface area contributed by atoms with E-state index in [9.17, 15) is 0 Å². The molecule has 0 nitrogen and oxygen atoms in total. The highest BCUT2D eigenvalue weighted by Crippen LogP contribution is 2.47. The van der Waals surface area contributed by atoms with Gasteiger partial charge in [0.2, 0.25) is 0 Å². The molecular weight excluding hydrogens is 244 g/mol. The van der Waals surface area contributed by atoms with Gasteiger partial charge in [0, 0.05) is 8.07 Å². The fourth-order valence-electron chi connectivity index (χ4n) is 4.24. The summed E-state index contributed by atoms with van der Waals surface area (Å²) >= 11 is 0. The van der Waals surface area contributed by atoms with Crippen molar-refractivity contribution in [2.45, 2.75) is 39.0 Å². The molecule has 0 N–H and O–H groups in total. The van der Waals surface area contributed by atoms with E-state index in [2.05, 4.69) is 63.0 Å². The van der Waals surface area contributed by atoms with Crippen LogP contribution in [0.4, 0.5) is 0 Å². The van der Waals surface area contributed by atoms with Crippen LogP contribution in [0.1, 0.15) is 13.3 Å². The minimum absolute atomic E-state index is 0.788. The number of benzene rings is 1. The molecule has 1 fully saturated rings. The second-order valence-electron chi connectivity index (χ2n) is 7.85. The van der Waals surface area contributed by atoms with Crippen LogP contribution in [-0.4, -0.2) is 8.07 Å². The van der Waals surface area contributed by atoms with E-state index in [0.29, 0.717) is 0 Å². The molecule has 0 bridgehead atoms. The van der Waals surface area contributed by atoms with Crippen molar-refractivity contribution in [3.05, 3.63) is 34.7 Å². The van der Waals surface area contributed by atoms with Crippen LogP contribution >= 0.6 is 0 Å². The molecule has 0 radical (unpaired) electrons. The highest BCUT2D eigenvalue weighted by Gasteiger charge is 2.40.